The molecule has 0 aliphatic heterocycles. The highest BCUT2D eigenvalue weighted by molar-refractivity contribution is 7.98. The number of nitrogens with one attached hydrogen (secondary N) is 1. The van der Waals surface area contributed by atoms with E-state index in [1.54, 1.807) is 0 Å². The van der Waals surface area contributed by atoms with Gasteiger partial charge in [-0.05, 0) is 37.0 Å². The molecule has 0 bridgehead atoms. The van der Waals surface area contributed by atoms with E-state index in [2.05, 4.69) is 43.6 Å². The molecule has 2 rings (SSSR count). The van der Waals surface area contributed by atoms with E-state index in [4.69, 9.17) is 4.42 Å². The Balaban J connectivity index is 2.08. The maximum atomic E-state index is 6.06. The minimum Gasteiger partial charge on any atom is -0.461 e. The van der Waals surface area contributed by atoms with Crippen molar-refractivity contribution in [2.45, 2.75) is 39.7 Å². The summed E-state index contributed by atoms with van der Waals surface area (Å²) in [5, 5.41) is 4.88. The number of hydrogen-bond donors (Lipinski definition) is 1. The molecule has 116 valence electrons. The average molecular weight is 305 g/mol. The van der Waals surface area contributed by atoms with Crippen molar-refractivity contribution in [1.29, 1.82) is 0 Å². The standard InChI is InChI=1S/C18H27NOS/c1-4-5-9-18-16(12-19-11-14(2)13-21-3)15-8-6-7-10-17(15)20-18/h6-8,10,14,19H,4-5,9,11-13H2,1-3H3. The fraction of sp³-hybridized carbons (Fsp3) is 0.556. The van der Waals surface area contributed by atoms with Gasteiger partial charge in [0.05, 0.1) is 0 Å². The zero-order valence-corrected chi connectivity index (χ0v) is 14.3. The summed E-state index contributed by atoms with van der Waals surface area (Å²) in [6.07, 6.45) is 5.61. The molecule has 0 radical (unpaired) electrons. The molecular weight excluding hydrogens is 278 g/mol. The van der Waals surface area contributed by atoms with E-state index in [9.17, 15) is 0 Å². The highest BCUT2D eigenvalue weighted by Gasteiger charge is 2.13. The SMILES string of the molecule is CCCCc1oc2ccccc2c1CNCC(C)CSC. The molecular formula is C18H27NOS. The normalized spacial score (nSPS) is 12.9. The minimum atomic E-state index is 0.706. The van der Waals surface area contributed by atoms with E-state index in [0.29, 0.717) is 5.92 Å². The number of aryl methyl sites for hydroxylation is 1. The first-order chi connectivity index (χ1) is 10.3. The molecule has 2 aromatic rings. The number of fused-ring (bicyclic) bond motifs is 1. The zero-order chi connectivity index (χ0) is 15.1. The number of furan rings is 1. The van der Waals surface area contributed by atoms with Crippen LogP contribution in [-0.4, -0.2) is 18.6 Å². The maximum absolute atomic E-state index is 6.06. The first-order valence-electron chi connectivity index (χ1n) is 7.95. The van der Waals surface area contributed by atoms with E-state index >= 15 is 0 Å². The summed E-state index contributed by atoms with van der Waals surface area (Å²) in [5.41, 5.74) is 2.38. The van der Waals surface area contributed by atoms with E-state index in [-0.39, 0.29) is 0 Å². The number of rotatable bonds is 9. The van der Waals surface area contributed by atoms with Crippen LogP contribution in [0, 0.1) is 5.92 Å². The third-order valence-electron chi connectivity index (χ3n) is 3.79. The van der Waals surface area contributed by atoms with Crippen molar-refractivity contribution in [3.05, 3.63) is 35.6 Å². The number of benzene rings is 1. The van der Waals surface area contributed by atoms with Crippen LogP contribution in [0.1, 0.15) is 38.0 Å². The summed E-state index contributed by atoms with van der Waals surface area (Å²) in [5.74, 6) is 3.09. The Morgan fingerprint density at radius 1 is 1.29 bits per heavy atom. The van der Waals surface area contributed by atoms with Crippen molar-refractivity contribution in [2.24, 2.45) is 5.92 Å². The minimum absolute atomic E-state index is 0.706. The van der Waals surface area contributed by atoms with Gasteiger partial charge in [0, 0.05) is 23.9 Å². The van der Waals surface area contributed by atoms with Crippen LogP contribution in [0.2, 0.25) is 0 Å². The van der Waals surface area contributed by atoms with Crippen molar-refractivity contribution < 1.29 is 4.42 Å². The van der Waals surface area contributed by atoms with Gasteiger partial charge in [-0.25, -0.2) is 0 Å². The third kappa shape index (κ3) is 4.52. The molecule has 0 saturated carbocycles. The second-order valence-corrected chi connectivity index (χ2v) is 6.71. The smallest absolute Gasteiger partial charge is 0.134 e. The summed E-state index contributed by atoms with van der Waals surface area (Å²) in [7, 11) is 0. The summed E-state index contributed by atoms with van der Waals surface area (Å²) in [6, 6.07) is 8.40. The molecule has 1 heterocycles. The van der Waals surface area contributed by atoms with Gasteiger partial charge in [-0.2, -0.15) is 11.8 Å². The monoisotopic (exact) mass is 305 g/mol. The van der Waals surface area contributed by atoms with Crippen LogP contribution in [0.25, 0.3) is 11.0 Å². The first-order valence-corrected chi connectivity index (χ1v) is 9.34. The molecule has 1 unspecified atom stereocenters. The summed E-state index contributed by atoms with van der Waals surface area (Å²) in [6.45, 7) is 6.50. The maximum Gasteiger partial charge on any atom is 0.134 e. The van der Waals surface area contributed by atoms with Gasteiger partial charge in [-0.3, -0.25) is 0 Å². The summed E-state index contributed by atoms with van der Waals surface area (Å²) < 4.78 is 6.06. The fourth-order valence-electron chi connectivity index (χ4n) is 2.67. The lowest BCUT2D eigenvalue weighted by atomic mass is 10.1. The Kier molecular flexibility index (Phi) is 6.65. The topological polar surface area (TPSA) is 25.2 Å². The Bertz CT molecular complexity index is 549. The van der Waals surface area contributed by atoms with Crippen LogP contribution >= 0.6 is 11.8 Å². The lowest BCUT2D eigenvalue weighted by Crippen LogP contribution is -2.22. The highest BCUT2D eigenvalue weighted by atomic mass is 32.2. The lowest BCUT2D eigenvalue weighted by molar-refractivity contribution is 0.515. The summed E-state index contributed by atoms with van der Waals surface area (Å²) in [4.78, 5) is 0. The Morgan fingerprint density at radius 3 is 2.86 bits per heavy atom. The highest BCUT2D eigenvalue weighted by Crippen LogP contribution is 2.27. The van der Waals surface area contributed by atoms with Gasteiger partial charge in [0.15, 0.2) is 0 Å². The molecule has 2 nitrogen and oxygen atoms in total. The molecule has 0 saturated heterocycles. The van der Waals surface area contributed by atoms with Gasteiger partial charge in [0.2, 0.25) is 0 Å². The quantitative estimate of drug-likeness (QED) is 0.716. The molecule has 1 aromatic carbocycles. The van der Waals surface area contributed by atoms with Crippen molar-refractivity contribution >= 4 is 22.7 Å². The average Bonchev–Trinajstić information content (AvgIpc) is 2.83. The van der Waals surface area contributed by atoms with Crippen molar-refractivity contribution in [1.82, 2.24) is 5.32 Å². The van der Waals surface area contributed by atoms with Gasteiger partial charge >= 0.3 is 0 Å². The molecule has 1 aromatic heterocycles. The van der Waals surface area contributed by atoms with Gasteiger partial charge < -0.3 is 9.73 Å². The number of unbranched alkanes of at least 4 members (excludes halogenated alkanes) is 1. The second-order valence-electron chi connectivity index (χ2n) is 5.79. The molecule has 0 aliphatic carbocycles. The zero-order valence-electron chi connectivity index (χ0n) is 13.4. The predicted molar refractivity (Wildman–Crippen MR) is 94.1 cm³/mol. The first kappa shape index (κ1) is 16.4. The largest absolute Gasteiger partial charge is 0.461 e. The predicted octanol–water partition coefficient (Wildman–Crippen LogP) is 4.86. The lowest BCUT2D eigenvalue weighted by Gasteiger charge is -2.11. The molecule has 1 atom stereocenters. The van der Waals surface area contributed by atoms with Crippen molar-refractivity contribution in [2.75, 3.05) is 18.6 Å². The van der Waals surface area contributed by atoms with Gasteiger partial charge in [-0.15, -0.1) is 0 Å². The van der Waals surface area contributed by atoms with E-state index in [0.717, 1.165) is 25.1 Å². The van der Waals surface area contributed by atoms with Crippen molar-refractivity contribution in [3.63, 3.8) is 0 Å². The fourth-order valence-corrected chi connectivity index (χ4v) is 3.36. The van der Waals surface area contributed by atoms with Crippen LogP contribution in [0.3, 0.4) is 0 Å². The number of thioether (sulfide) groups is 1. The van der Waals surface area contributed by atoms with Crippen LogP contribution < -0.4 is 5.32 Å². The molecule has 0 fully saturated rings. The molecule has 1 N–H and O–H groups in total. The summed E-state index contributed by atoms with van der Waals surface area (Å²) >= 11 is 1.92. The number of para-hydroxylation sites is 1. The molecule has 0 aliphatic rings. The van der Waals surface area contributed by atoms with Gasteiger partial charge in [0.25, 0.3) is 0 Å². The van der Waals surface area contributed by atoms with Crippen LogP contribution in [0.5, 0.6) is 0 Å². The molecule has 3 heteroatoms. The van der Waals surface area contributed by atoms with Crippen LogP contribution in [-0.2, 0) is 13.0 Å². The van der Waals surface area contributed by atoms with Crippen LogP contribution in [0.15, 0.2) is 28.7 Å². The van der Waals surface area contributed by atoms with E-state index in [1.807, 2.05) is 17.8 Å². The van der Waals surface area contributed by atoms with E-state index in [1.165, 1.54) is 35.3 Å². The molecule has 0 spiro atoms. The van der Waals surface area contributed by atoms with E-state index < -0.39 is 0 Å². The second kappa shape index (κ2) is 8.50. The molecule has 21 heavy (non-hydrogen) atoms. The van der Waals surface area contributed by atoms with Gasteiger partial charge in [0.1, 0.15) is 11.3 Å². The van der Waals surface area contributed by atoms with Crippen LogP contribution in [0.4, 0.5) is 0 Å². The number of hydrogen-bond acceptors (Lipinski definition) is 3. The Hall–Kier alpha value is -0.930. The molecule has 0 amide bonds. The Morgan fingerprint density at radius 2 is 2.10 bits per heavy atom. The third-order valence-corrected chi connectivity index (χ3v) is 4.69. The Labute approximate surface area is 132 Å². The van der Waals surface area contributed by atoms with Crippen molar-refractivity contribution in [3.8, 4) is 0 Å². The van der Waals surface area contributed by atoms with Gasteiger partial charge in [-0.1, -0.05) is 38.5 Å².